The lowest BCUT2D eigenvalue weighted by atomic mass is 10.1. The molecule has 0 aliphatic carbocycles. The zero-order chi connectivity index (χ0) is 14.3. The summed E-state index contributed by atoms with van der Waals surface area (Å²) in [5, 5.41) is 0. The molecule has 2 N–H and O–H groups in total. The maximum absolute atomic E-state index is 11.9. The molecule has 0 aliphatic heterocycles. The van der Waals surface area contributed by atoms with Crippen LogP contribution in [-0.2, 0) is 16.1 Å². The van der Waals surface area contributed by atoms with Gasteiger partial charge in [-0.25, -0.2) is 0 Å². The van der Waals surface area contributed by atoms with E-state index in [1.165, 1.54) is 0 Å². The quantitative estimate of drug-likeness (QED) is 0.607. The molecule has 106 valence electrons. The number of hydrogen-bond acceptors (Lipinski definition) is 4. The van der Waals surface area contributed by atoms with Crippen molar-refractivity contribution in [1.82, 2.24) is 4.90 Å². The number of rotatable bonds is 7. The average molecular weight is 264 g/mol. The number of carbonyl (C=O) groups is 1. The van der Waals surface area contributed by atoms with Crippen LogP contribution in [0.2, 0.25) is 0 Å². The van der Waals surface area contributed by atoms with E-state index in [1.54, 1.807) is 0 Å². The fourth-order valence-electron chi connectivity index (χ4n) is 2.18. The summed E-state index contributed by atoms with van der Waals surface area (Å²) in [6.07, 6.45) is 0.745. The van der Waals surface area contributed by atoms with Crippen molar-refractivity contribution < 1.29 is 9.53 Å². The predicted molar refractivity (Wildman–Crippen MR) is 77.7 cm³/mol. The normalized spacial score (nSPS) is 12.4. The molecule has 1 aromatic carbocycles. The molecular formula is C15H24N2O2. The number of benzene rings is 1. The van der Waals surface area contributed by atoms with Crippen LogP contribution < -0.4 is 5.73 Å². The molecule has 0 spiro atoms. The van der Waals surface area contributed by atoms with Crippen LogP contribution in [0.3, 0.4) is 0 Å². The van der Waals surface area contributed by atoms with Crippen molar-refractivity contribution >= 4 is 11.7 Å². The first kappa shape index (κ1) is 15.5. The summed E-state index contributed by atoms with van der Waals surface area (Å²) < 4.78 is 5.13. The number of esters is 1. The maximum atomic E-state index is 11.9. The molecule has 19 heavy (non-hydrogen) atoms. The second-order valence-electron chi connectivity index (χ2n) is 4.48. The van der Waals surface area contributed by atoms with Crippen LogP contribution in [0.5, 0.6) is 0 Å². The minimum atomic E-state index is -0.189. The van der Waals surface area contributed by atoms with Gasteiger partial charge < -0.3 is 10.5 Å². The Kier molecular flexibility index (Phi) is 6.36. The molecule has 1 atom stereocenters. The van der Waals surface area contributed by atoms with Gasteiger partial charge in [-0.15, -0.1) is 0 Å². The second kappa shape index (κ2) is 7.79. The van der Waals surface area contributed by atoms with Crippen molar-refractivity contribution in [3.63, 3.8) is 0 Å². The largest absolute Gasteiger partial charge is 0.465 e. The summed E-state index contributed by atoms with van der Waals surface area (Å²) in [7, 11) is 0. The lowest BCUT2D eigenvalue weighted by Crippen LogP contribution is -2.41. The minimum Gasteiger partial charge on any atom is -0.465 e. The number of anilines is 1. The minimum absolute atomic E-state index is 0.143. The van der Waals surface area contributed by atoms with E-state index in [2.05, 4.69) is 4.90 Å². The molecule has 1 rings (SSSR count). The molecule has 0 saturated heterocycles. The molecule has 0 heterocycles. The SMILES string of the molecule is CCOC(=O)C(CC)N(CC)Cc1cccc(N)c1. The summed E-state index contributed by atoms with van der Waals surface area (Å²) in [6, 6.07) is 7.58. The Morgan fingerprint density at radius 3 is 2.63 bits per heavy atom. The Hall–Kier alpha value is -1.55. The van der Waals surface area contributed by atoms with Crippen molar-refractivity contribution in [1.29, 1.82) is 0 Å². The smallest absolute Gasteiger partial charge is 0.323 e. The van der Waals surface area contributed by atoms with Gasteiger partial charge in [-0.05, 0) is 37.6 Å². The summed E-state index contributed by atoms with van der Waals surface area (Å²) in [6.45, 7) is 7.81. The Bertz CT molecular complexity index is 407. The van der Waals surface area contributed by atoms with Crippen molar-refractivity contribution in [3.05, 3.63) is 29.8 Å². The van der Waals surface area contributed by atoms with E-state index in [-0.39, 0.29) is 12.0 Å². The van der Waals surface area contributed by atoms with E-state index in [1.807, 2.05) is 45.0 Å². The van der Waals surface area contributed by atoms with Crippen LogP contribution in [0, 0.1) is 0 Å². The van der Waals surface area contributed by atoms with Crippen LogP contribution in [0.25, 0.3) is 0 Å². The van der Waals surface area contributed by atoms with Crippen molar-refractivity contribution in [3.8, 4) is 0 Å². The molecular weight excluding hydrogens is 240 g/mol. The number of nitrogens with two attached hydrogens (primary N) is 1. The highest BCUT2D eigenvalue weighted by molar-refractivity contribution is 5.75. The maximum Gasteiger partial charge on any atom is 0.323 e. The fraction of sp³-hybridized carbons (Fsp3) is 0.533. The van der Waals surface area contributed by atoms with Gasteiger partial charge in [0.1, 0.15) is 6.04 Å². The summed E-state index contributed by atoms with van der Waals surface area (Å²) in [4.78, 5) is 14.1. The van der Waals surface area contributed by atoms with E-state index in [0.717, 1.165) is 24.2 Å². The molecule has 0 amide bonds. The second-order valence-corrected chi connectivity index (χ2v) is 4.48. The van der Waals surface area contributed by atoms with Crippen LogP contribution >= 0.6 is 0 Å². The van der Waals surface area contributed by atoms with Gasteiger partial charge in [-0.1, -0.05) is 26.0 Å². The van der Waals surface area contributed by atoms with E-state index in [9.17, 15) is 4.79 Å². The van der Waals surface area contributed by atoms with E-state index in [4.69, 9.17) is 10.5 Å². The van der Waals surface area contributed by atoms with Crippen LogP contribution in [0.4, 0.5) is 5.69 Å². The van der Waals surface area contributed by atoms with Gasteiger partial charge in [0.05, 0.1) is 6.61 Å². The molecule has 4 heteroatoms. The van der Waals surface area contributed by atoms with Gasteiger partial charge in [-0.3, -0.25) is 9.69 Å². The van der Waals surface area contributed by atoms with Crippen LogP contribution in [0.1, 0.15) is 32.8 Å². The highest BCUT2D eigenvalue weighted by atomic mass is 16.5. The van der Waals surface area contributed by atoms with Crippen molar-refractivity contribution in [2.45, 2.75) is 39.8 Å². The van der Waals surface area contributed by atoms with Gasteiger partial charge in [0, 0.05) is 12.2 Å². The number of carbonyl (C=O) groups excluding carboxylic acids is 1. The van der Waals surface area contributed by atoms with Gasteiger partial charge in [0.15, 0.2) is 0 Å². The van der Waals surface area contributed by atoms with E-state index in [0.29, 0.717) is 13.2 Å². The summed E-state index contributed by atoms with van der Waals surface area (Å²) >= 11 is 0. The number of nitrogens with zero attached hydrogens (tertiary/aromatic N) is 1. The first-order chi connectivity index (χ1) is 9.12. The topological polar surface area (TPSA) is 55.6 Å². The zero-order valence-corrected chi connectivity index (χ0v) is 12.1. The number of ether oxygens (including phenoxy) is 1. The molecule has 0 fully saturated rings. The Balaban J connectivity index is 2.78. The molecule has 1 unspecified atom stereocenters. The highest BCUT2D eigenvalue weighted by Gasteiger charge is 2.24. The number of hydrogen-bond donors (Lipinski definition) is 1. The Morgan fingerprint density at radius 1 is 1.37 bits per heavy atom. The van der Waals surface area contributed by atoms with Gasteiger partial charge in [-0.2, -0.15) is 0 Å². The van der Waals surface area contributed by atoms with Crippen molar-refractivity contribution in [2.24, 2.45) is 0 Å². The van der Waals surface area contributed by atoms with Gasteiger partial charge in [0.2, 0.25) is 0 Å². The molecule has 1 aromatic rings. The average Bonchev–Trinajstić information content (AvgIpc) is 2.38. The van der Waals surface area contributed by atoms with E-state index >= 15 is 0 Å². The predicted octanol–water partition coefficient (Wildman–Crippen LogP) is 2.43. The molecule has 0 aliphatic rings. The number of likely N-dealkylation sites (N-methyl/N-ethyl adjacent to an activating group) is 1. The third-order valence-corrected chi connectivity index (χ3v) is 3.13. The third-order valence-electron chi connectivity index (χ3n) is 3.13. The monoisotopic (exact) mass is 264 g/mol. The molecule has 0 saturated carbocycles. The summed E-state index contributed by atoms with van der Waals surface area (Å²) in [5.41, 5.74) is 7.65. The first-order valence-corrected chi connectivity index (χ1v) is 6.87. The third kappa shape index (κ3) is 4.56. The molecule has 0 aromatic heterocycles. The van der Waals surface area contributed by atoms with Crippen LogP contribution in [-0.4, -0.2) is 30.1 Å². The Labute approximate surface area is 115 Å². The first-order valence-electron chi connectivity index (χ1n) is 6.87. The highest BCUT2D eigenvalue weighted by Crippen LogP contribution is 2.14. The lowest BCUT2D eigenvalue weighted by Gasteiger charge is -2.28. The van der Waals surface area contributed by atoms with Crippen LogP contribution in [0.15, 0.2) is 24.3 Å². The van der Waals surface area contributed by atoms with Gasteiger partial charge in [0.25, 0.3) is 0 Å². The molecule has 4 nitrogen and oxygen atoms in total. The summed E-state index contributed by atoms with van der Waals surface area (Å²) in [5.74, 6) is -0.143. The fourth-order valence-corrected chi connectivity index (χ4v) is 2.18. The van der Waals surface area contributed by atoms with Gasteiger partial charge >= 0.3 is 5.97 Å². The zero-order valence-electron chi connectivity index (χ0n) is 12.1. The molecule has 0 bridgehead atoms. The number of nitrogen functional groups attached to an aromatic ring is 1. The molecule has 0 radical (unpaired) electrons. The van der Waals surface area contributed by atoms with Crippen molar-refractivity contribution in [2.75, 3.05) is 18.9 Å². The van der Waals surface area contributed by atoms with E-state index < -0.39 is 0 Å². The standard InChI is InChI=1S/C15H24N2O2/c1-4-14(15(18)19-6-3)17(5-2)11-12-8-7-9-13(16)10-12/h7-10,14H,4-6,11,16H2,1-3H3. The lowest BCUT2D eigenvalue weighted by molar-refractivity contribution is -0.149. The Morgan fingerprint density at radius 2 is 2.11 bits per heavy atom.